The third-order valence-corrected chi connectivity index (χ3v) is 8.14. The molecule has 7 heteroatoms. The van der Waals surface area contributed by atoms with E-state index in [1.807, 2.05) is 54.6 Å². The molecule has 1 fully saturated rings. The normalized spacial score (nSPS) is 15.7. The van der Waals surface area contributed by atoms with Gasteiger partial charge in [-0.25, -0.2) is 9.69 Å². The van der Waals surface area contributed by atoms with E-state index in [2.05, 4.69) is 12.1 Å². The van der Waals surface area contributed by atoms with Crippen LogP contribution in [0.25, 0.3) is 11.1 Å². The van der Waals surface area contributed by atoms with E-state index >= 15 is 0 Å². The van der Waals surface area contributed by atoms with Gasteiger partial charge < -0.3 is 4.74 Å². The first-order valence-corrected chi connectivity index (χ1v) is 13.5. The fourth-order valence-corrected chi connectivity index (χ4v) is 6.07. The van der Waals surface area contributed by atoms with E-state index < -0.39 is 11.2 Å². The Labute approximate surface area is 229 Å². The average molecular weight is 534 g/mol. The maximum atomic E-state index is 12.9. The highest BCUT2D eigenvalue weighted by molar-refractivity contribution is 8.00. The zero-order chi connectivity index (χ0) is 26.9. The maximum Gasteiger partial charge on any atom is 0.338 e. The van der Waals surface area contributed by atoms with Crippen LogP contribution in [-0.4, -0.2) is 35.4 Å². The number of thioether (sulfide) groups is 1. The Hall–Kier alpha value is -4.49. The number of esters is 1. The van der Waals surface area contributed by atoms with Crippen molar-refractivity contribution in [2.75, 3.05) is 11.5 Å². The number of benzene rings is 4. The van der Waals surface area contributed by atoms with Gasteiger partial charge in [0, 0.05) is 16.9 Å². The Morgan fingerprint density at radius 1 is 0.795 bits per heavy atom. The fraction of sp³-hybridized carbons (Fsp3) is 0.125. The summed E-state index contributed by atoms with van der Waals surface area (Å²) in [4.78, 5) is 53.0. The van der Waals surface area contributed by atoms with Crippen molar-refractivity contribution >= 4 is 41.0 Å². The number of carbonyl (C=O) groups is 4. The van der Waals surface area contributed by atoms with Gasteiger partial charge in [0.1, 0.15) is 0 Å². The number of rotatable bonds is 7. The summed E-state index contributed by atoms with van der Waals surface area (Å²) < 4.78 is 5.28. The number of ether oxygens (including phenoxy) is 1. The molecular weight excluding hydrogens is 510 g/mol. The van der Waals surface area contributed by atoms with E-state index in [1.165, 1.54) is 35.0 Å². The monoisotopic (exact) mass is 533 g/mol. The van der Waals surface area contributed by atoms with Crippen molar-refractivity contribution < 1.29 is 23.9 Å². The van der Waals surface area contributed by atoms with Crippen LogP contribution in [0.1, 0.15) is 38.3 Å². The zero-order valence-corrected chi connectivity index (χ0v) is 21.6. The van der Waals surface area contributed by atoms with Crippen molar-refractivity contribution in [3.8, 4) is 11.1 Å². The number of imide groups is 1. The minimum absolute atomic E-state index is 0.110. The Balaban J connectivity index is 1.07. The molecule has 6 rings (SSSR count). The molecule has 1 heterocycles. The second-order valence-corrected chi connectivity index (χ2v) is 10.7. The Morgan fingerprint density at radius 2 is 1.49 bits per heavy atom. The number of hydrogen-bond donors (Lipinski definition) is 0. The predicted octanol–water partition coefficient (Wildman–Crippen LogP) is 5.72. The number of ketones is 1. The smallest absolute Gasteiger partial charge is 0.338 e. The van der Waals surface area contributed by atoms with E-state index in [9.17, 15) is 19.2 Å². The van der Waals surface area contributed by atoms with Crippen molar-refractivity contribution in [2.24, 2.45) is 0 Å². The van der Waals surface area contributed by atoms with Gasteiger partial charge in [0.25, 0.3) is 0 Å². The zero-order valence-electron chi connectivity index (χ0n) is 20.8. The second-order valence-electron chi connectivity index (χ2n) is 9.44. The van der Waals surface area contributed by atoms with Gasteiger partial charge in [-0.2, -0.15) is 0 Å². The number of hydrogen-bond acceptors (Lipinski definition) is 6. The number of amides is 2. The molecule has 1 atom stereocenters. The summed E-state index contributed by atoms with van der Waals surface area (Å²) >= 11 is 1.36. The van der Waals surface area contributed by atoms with E-state index in [4.69, 9.17) is 4.74 Å². The molecular formula is C32H23NO5S. The molecule has 39 heavy (non-hydrogen) atoms. The van der Waals surface area contributed by atoms with E-state index in [0.717, 1.165) is 27.3 Å². The highest BCUT2D eigenvalue weighted by atomic mass is 32.2. The lowest BCUT2D eigenvalue weighted by Gasteiger charge is -2.15. The number of carbonyl (C=O) groups excluding carboxylic acids is 4. The molecule has 4 aromatic rings. The minimum atomic E-state index is -0.653. The van der Waals surface area contributed by atoms with Crippen molar-refractivity contribution in [2.45, 2.75) is 23.0 Å². The first kappa shape index (κ1) is 24.8. The van der Waals surface area contributed by atoms with E-state index in [-0.39, 0.29) is 36.2 Å². The first-order chi connectivity index (χ1) is 19.0. The topological polar surface area (TPSA) is 80.8 Å². The second kappa shape index (κ2) is 10.3. The molecule has 0 radical (unpaired) electrons. The van der Waals surface area contributed by atoms with Crippen molar-refractivity contribution in [3.63, 3.8) is 0 Å². The van der Waals surface area contributed by atoms with Gasteiger partial charge in [-0.05, 0) is 71.1 Å². The summed E-state index contributed by atoms with van der Waals surface area (Å²) in [5.74, 6) is -1.51. The highest BCUT2D eigenvalue weighted by Crippen LogP contribution is 2.37. The lowest BCUT2D eigenvalue weighted by atomic mass is 10.0. The minimum Gasteiger partial charge on any atom is -0.454 e. The van der Waals surface area contributed by atoms with Crippen LogP contribution in [0.15, 0.2) is 102 Å². The summed E-state index contributed by atoms with van der Waals surface area (Å²) in [6.45, 7) is -0.381. The van der Waals surface area contributed by atoms with Crippen LogP contribution in [0.3, 0.4) is 0 Å². The number of anilines is 1. The molecule has 1 unspecified atom stereocenters. The van der Waals surface area contributed by atoms with E-state index in [1.54, 1.807) is 18.2 Å². The molecule has 0 N–H and O–H groups in total. The van der Waals surface area contributed by atoms with Crippen LogP contribution in [0.2, 0.25) is 0 Å². The van der Waals surface area contributed by atoms with Gasteiger partial charge >= 0.3 is 5.97 Å². The van der Waals surface area contributed by atoms with Gasteiger partial charge in [-0.1, -0.05) is 54.6 Å². The standard InChI is InChI=1S/C32H23NO5S/c34-28(22-12-15-27-23(17-22)16-21-6-4-5-9-26(21)27)19-38-32(37)20-10-13-24(14-11-20)33-30(35)18-29(31(33)36)39-25-7-2-1-3-8-25/h1-15,17,29H,16,18-19H2. The van der Waals surface area contributed by atoms with Crippen LogP contribution in [0.4, 0.5) is 5.69 Å². The quantitative estimate of drug-likeness (QED) is 0.151. The number of fused-ring (bicyclic) bond motifs is 3. The summed E-state index contributed by atoms with van der Waals surface area (Å²) in [7, 11) is 0. The molecule has 1 aliphatic heterocycles. The fourth-order valence-electron chi connectivity index (χ4n) is 4.99. The van der Waals surface area contributed by atoms with Gasteiger partial charge in [-0.15, -0.1) is 11.8 Å². The molecule has 2 aliphatic rings. The summed E-state index contributed by atoms with van der Waals surface area (Å²) in [6.07, 6.45) is 0.881. The summed E-state index contributed by atoms with van der Waals surface area (Å²) in [6, 6.07) is 29.3. The molecule has 1 aliphatic carbocycles. The Kier molecular flexibility index (Phi) is 6.59. The third kappa shape index (κ3) is 4.89. The lowest BCUT2D eigenvalue weighted by Crippen LogP contribution is -2.31. The SMILES string of the molecule is O=C(COC(=O)c1ccc(N2C(=O)CC(Sc3ccccc3)C2=O)cc1)c1ccc2c(c1)Cc1ccccc1-2. The van der Waals surface area contributed by atoms with Crippen LogP contribution in [-0.2, 0) is 20.7 Å². The lowest BCUT2D eigenvalue weighted by molar-refractivity contribution is -0.121. The van der Waals surface area contributed by atoms with Crippen LogP contribution < -0.4 is 4.90 Å². The molecule has 0 aromatic heterocycles. The third-order valence-electron chi connectivity index (χ3n) is 6.94. The highest BCUT2D eigenvalue weighted by Gasteiger charge is 2.40. The summed E-state index contributed by atoms with van der Waals surface area (Å²) in [5.41, 5.74) is 5.74. The van der Waals surface area contributed by atoms with Crippen LogP contribution in [0.5, 0.6) is 0 Å². The maximum absolute atomic E-state index is 12.9. The number of Topliss-reactive ketones (excluding diaryl/α,β-unsaturated/α-hetero) is 1. The molecule has 2 amide bonds. The summed E-state index contributed by atoms with van der Waals surface area (Å²) in [5, 5.41) is -0.496. The van der Waals surface area contributed by atoms with Crippen LogP contribution >= 0.6 is 11.8 Å². The van der Waals surface area contributed by atoms with Crippen LogP contribution in [0, 0.1) is 0 Å². The average Bonchev–Trinajstić information content (AvgIpc) is 3.47. The molecule has 0 bridgehead atoms. The predicted molar refractivity (Wildman–Crippen MR) is 149 cm³/mol. The van der Waals surface area contributed by atoms with E-state index in [0.29, 0.717) is 11.3 Å². The Bertz CT molecular complexity index is 1610. The Morgan fingerprint density at radius 3 is 2.28 bits per heavy atom. The van der Waals surface area contributed by atoms with Gasteiger partial charge in [0.15, 0.2) is 12.4 Å². The first-order valence-electron chi connectivity index (χ1n) is 12.6. The molecule has 6 nitrogen and oxygen atoms in total. The largest absolute Gasteiger partial charge is 0.454 e. The van der Waals surface area contributed by atoms with Gasteiger partial charge in [-0.3, -0.25) is 14.4 Å². The van der Waals surface area contributed by atoms with Gasteiger partial charge in [0.2, 0.25) is 11.8 Å². The molecule has 1 saturated heterocycles. The molecule has 0 saturated carbocycles. The van der Waals surface area contributed by atoms with Crippen molar-refractivity contribution in [3.05, 3.63) is 119 Å². The molecule has 0 spiro atoms. The van der Waals surface area contributed by atoms with Crippen molar-refractivity contribution in [1.82, 2.24) is 0 Å². The molecule has 4 aromatic carbocycles. The molecule has 192 valence electrons. The van der Waals surface area contributed by atoms with Gasteiger partial charge in [0.05, 0.1) is 16.5 Å². The number of nitrogens with zero attached hydrogens (tertiary/aromatic N) is 1. The van der Waals surface area contributed by atoms with Crippen molar-refractivity contribution in [1.29, 1.82) is 0 Å².